The lowest BCUT2D eigenvalue weighted by molar-refractivity contribution is -0.126. The summed E-state index contributed by atoms with van der Waals surface area (Å²) in [5, 5.41) is 3.19. The Morgan fingerprint density at radius 2 is 1.74 bits per heavy atom. The first-order chi connectivity index (χ1) is 16.3. The van der Waals surface area contributed by atoms with Crippen LogP contribution in [0.25, 0.3) is 0 Å². The Hall–Kier alpha value is -1.48. The SMILES string of the molecule is CC(C)C[C@H](CNC(=O)C1CCN(S(=O)(=O)c2ccc3c(c2)CCCC3)CC1)N1CCOCC1. The van der Waals surface area contributed by atoms with Crippen LogP contribution < -0.4 is 5.32 Å². The summed E-state index contributed by atoms with van der Waals surface area (Å²) < 4.78 is 33.6. The summed E-state index contributed by atoms with van der Waals surface area (Å²) in [6, 6.07) is 5.95. The van der Waals surface area contributed by atoms with Gasteiger partial charge in [0.25, 0.3) is 0 Å². The Balaban J connectivity index is 1.30. The van der Waals surface area contributed by atoms with E-state index in [2.05, 4.69) is 24.1 Å². The third kappa shape index (κ3) is 6.20. The minimum atomic E-state index is -3.52. The van der Waals surface area contributed by atoms with Crippen molar-refractivity contribution in [2.24, 2.45) is 11.8 Å². The molecule has 2 saturated heterocycles. The molecule has 7 nitrogen and oxygen atoms in total. The number of aryl methyl sites for hydroxylation is 2. The molecule has 0 saturated carbocycles. The molecule has 0 spiro atoms. The first kappa shape index (κ1) is 25.6. The third-order valence-electron chi connectivity index (χ3n) is 7.60. The summed E-state index contributed by atoms with van der Waals surface area (Å²) >= 11 is 0. The number of rotatable bonds is 8. The molecule has 1 N–H and O–H groups in total. The quantitative estimate of drug-likeness (QED) is 0.605. The van der Waals surface area contributed by atoms with E-state index in [1.807, 2.05) is 12.1 Å². The predicted octanol–water partition coefficient (Wildman–Crippen LogP) is 2.83. The second kappa shape index (κ2) is 11.5. The van der Waals surface area contributed by atoms with E-state index in [1.54, 1.807) is 10.4 Å². The van der Waals surface area contributed by atoms with Gasteiger partial charge in [0.2, 0.25) is 15.9 Å². The van der Waals surface area contributed by atoms with Gasteiger partial charge in [0, 0.05) is 44.7 Å². The van der Waals surface area contributed by atoms with E-state index in [4.69, 9.17) is 4.74 Å². The zero-order valence-corrected chi connectivity index (χ0v) is 21.6. The number of ether oxygens (including phenoxy) is 1. The van der Waals surface area contributed by atoms with E-state index in [1.165, 1.54) is 17.5 Å². The van der Waals surface area contributed by atoms with Crippen LogP contribution in [0.5, 0.6) is 0 Å². The Bertz CT molecular complexity index is 935. The molecule has 2 heterocycles. The number of hydrogen-bond acceptors (Lipinski definition) is 5. The first-order valence-corrected chi connectivity index (χ1v) is 14.5. The van der Waals surface area contributed by atoms with Crippen molar-refractivity contribution in [2.45, 2.75) is 69.7 Å². The number of nitrogens with zero attached hydrogens (tertiary/aromatic N) is 2. The van der Waals surface area contributed by atoms with Crippen molar-refractivity contribution in [3.8, 4) is 0 Å². The second-order valence-corrected chi connectivity index (χ2v) is 12.4. The van der Waals surface area contributed by atoms with Gasteiger partial charge in [-0.3, -0.25) is 9.69 Å². The highest BCUT2D eigenvalue weighted by Crippen LogP contribution is 2.28. The summed E-state index contributed by atoms with van der Waals surface area (Å²) in [7, 11) is -3.52. The van der Waals surface area contributed by atoms with Crippen LogP contribution in [0, 0.1) is 11.8 Å². The summed E-state index contributed by atoms with van der Waals surface area (Å²) in [4.78, 5) is 15.8. The van der Waals surface area contributed by atoms with Gasteiger partial charge in [-0.25, -0.2) is 8.42 Å². The summed E-state index contributed by atoms with van der Waals surface area (Å²) in [6.45, 7) is 9.19. The Labute approximate surface area is 205 Å². The zero-order chi connectivity index (χ0) is 24.1. The Morgan fingerprint density at radius 1 is 1.06 bits per heavy atom. The third-order valence-corrected chi connectivity index (χ3v) is 9.49. The van der Waals surface area contributed by atoms with Crippen LogP contribution >= 0.6 is 0 Å². The maximum atomic E-state index is 13.3. The molecule has 1 aromatic carbocycles. The lowest BCUT2D eigenvalue weighted by atomic mass is 9.92. The molecule has 0 unspecified atom stereocenters. The number of nitrogens with one attached hydrogen (secondary N) is 1. The van der Waals surface area contributed by atoms with Crippen LogP contribution in [0.3, 0.4) is 0 Å². The van der Waals surface area contributed by atoms with E-state index in [9.17, 15) is 13.2 Å². The van der Waals surface area contributed by atoms with Crippen LogP contribution in [-0.4, -0.2) is 75.5 Å². The Kier molecular flexibility index (Phi) is 8.66. The fourth-order valence-electron chi connectivity index (χ4n) is 5.59. The average Bonchev–Trinajstić information content (AvgIpc) is 2.86. The number of fused-ring (bicyclic) bond motifs is 1. The molecule has 1 aliphatic carbocycles. The maximum Gasteiger partial charge on any atom is 0.243 e. The topological polar surface area (TPSA) is 79.0 Å². The lowest BCUT2D eigenvalue weighted by Crippen LogP contribution is -2.50. The number of carbonyl (C=O) groups excluding carboxylic acids is 1. The predicted molar refractivity (Wildman–Crippen MR) is 133 cm³/mol. The summed E-state index contributed by atoms with van der Waals surface area (Å²) in [6.07, 6.45) is 6.49. The van der Waals surface area contributed by atoms with Crippen molar-refractivity contribution >= 4 is 15.9 Å². The number of piperidine rings is 1. The van der Waals surface area contributed by atoms with Gasteiger partial charge in [-0.2, -0.15) is 4.31 Å². The normalized spacial score (nSPS) is 21.9. The first-order valence-electron chi connectivity index (χ1n) is 13.1. The van der Waals surface area contributed by atoms with Gasteiger partial charge in [0.15, 0.2) is 0 Å². The Morgan fingerprint density at radius 3 is 2.41 bits per heavy atom. The standard InChI is InChI=1S/C26H41N3O4S/c1-20(2)17-24(28-13-15-33-16-14-28)19-27-26(30)22-9-11-29(12-10-22)34(31,32)25-8-7-21-5-3-4-6-23(21)18-25/h7-8,18,20,22,24H,3-6,9-17,19H2,1-2H3,(H,27,30)/t24-/m1/s1. The number of sulfonamides is 1. The largest absolute Gasteiger partial charge is 0.379 e. The van der Waals surface area contributed by atoms with Gasteiger partial charge in [-0.05, 0) is 74.1 Å². The number of benzene rings is 1. The summed E-state index contributed by atoms with van der Waals surface area (Å²) in [5.41, 5.74) is 2.46. The molecular weight excluding hydrogens is 450 g/mol. The smallest absolute Gasteiger partial charge is 0.243 e. The van der Waals surface area contributed by atoms with Crippen LogP contribution in [0.15, 0.2) is 23.1 Å². The molecule has 0 bridgehead atoms. The molecule has 1 aromatic rings. The van der Waals surface area contributed by atoms with Crippen molar-refractivity contribution < 1.29 is 17.9 Å². The molecule has 3 aliphatic rings. The molecular formula is C26H41N3O4S. The molecule has 1 amide bonds. The molecule has 190 valence electrons. The van der Waals surface area contributed by atoms with Crippen LogP contribution in [0.1, 0.15) is 57.1 Å². The number of morpholine rings is 1. The van der Waals surface area contributed by atoms with Gasteiger partial charge < -0.3 is 10.1 Å². The molecule has 4 rings (SSSR count). The fraction of sp³-hybridized carbons (Fsp3) is 0.731. The van der Waals surface area contributed by atoms with E-state index in [0.29, 0.717) is 49.3 Å². The molecule has 8 heteroatoms. The molecule has 2 fully saturated rings. The van der Waals surface area contributed by atoms with Gasteiger partial charge in [-0.1, -0.05) is 19.9 Å². The molecule has 34 heavy (non-hydrogen) atoms. The van der Waals surface area contributed by atoms with E-state index in [0.717, 1.165) is 52.0 Å². The monoisotopic (exact) mass is 491 g/mol. The molecule has 2 aliphatic heterocycles. The minimum absolute atomic E-state index is 0.0628. The minimum Gasteiger partial charge on any atom is -0.379 e. The number of carbonyl (C=O) groups is 1. The lowest BCUT2D eigenvalue weighted by Gasteiger charge is -2.36. The van der Waals surface area contributed by atoms with Gasteiger partial charge in [0.1, 0.15) is 0 Å². The van der Waals surface area contributed by atoms with Crippen LogP contribution in [0.2, 0.25) is 0 Å². The van der Waals surface area contributed by atoms with Crippen molar-refractivity contribution in [1.82, 2.24) is 14.5 Å². The molecule has 0 radical (unpaired) electrons. The highest BCUT2D eigenvalue weighted by Gasteiger charge is 2.33. The van der Waals surface area contributed by atoms with E-state index >= 15 is 0 Å². The van der Waals surface area contributed by atoms with Crippen LogP contribution in [-0.2, 0) is 32.4 Å². The van der Waals surface area contributed by atoms with Gasteiger partial charge >= 0.3 is 0 Å². The highest BCUT2D eigenvalue weighted by atomic mass is 32.2. The number of hydrogen-bond donors (Lipinski definition) is 1. The average molecular weight is 492 g/mol. The van der Waals surface area contributed by atoms with Crippen molar-refractivity contribution in [2.75, 3.05) is 45.9 Å². The summed E-state index contributed by atoms with van der Waals surface area (Å²) in [5.74, 6) is 0.494. The fourth-order valence-corrected chi connectivity index (χ4v) is 7.11. The molecule has 0 aromatic heterocycles. The number of amides is 1. The van der Waals surface area contributed by atoms with Crippen molar-refractivity contribution in [1.29, 1.82) is 0 Å². The zero-order valence-electron chi connectivity index (χ0n) is 20.8. The van der Waals surface area contributed by atoms with E-state index in [-0.39, 0.29) is 11.8 Å². The van der Waals surface area contributed by atoms with Crippen LogP contribution in [0.4, 0.5) is 0 Å². The van der Waals surface area contributed by atoms with Gasteiger partial charge in [-0.15, -0.1) is 0 Å². The van der Waals surface area contributed by atoms with E-state index < -0.39 is 10.0 Å². The van der Waals surface area contributed by atoms with Gasteiger partial charge in [0.05, 0.1) is 18.1 Å². The maximum absolute atomic E-state index is 13.3. The highest BCUT2D eigenvalue weighted by molar-refractivity contribution is 7.89. The second-order valence-electron chi connectivity index (χ2n) is 10.5. The van der Waals surface area contributed by atoms with Crippen molar-refractivity contribution in [3.63, 3.8) is 0 Å². The molecule has 1 atom stereocenters. The van der Waals surface area contributed by atoms with Crippen molar-refractivity contribution in [3.05, 3.63) is 29.3 Å².